The van der Waals surface area contributed by atoms with Crippen LogP contribution in [0.25, 0.3) is 0 Å². The fourth-order valence-corrected chi connectivity index (χ4v) is 1.31. The molecule has 0 spiro atoms. The topological polar surface area (TPSA) is 31.4 Å². The molecule has 0 saturated heterocycles. The molecular weight excluding hydrogens is 222 g/mol. The highest BCUT2D eigenvalue weighted by atomic mass is 79.9. The van der Waals surface area contributed by atoms with Crippen molar-refractivity contribution in [1.29, 1.82) is 0 Å². The van der Waals surface area contributed by atoms with Gasteiger partial charge in [-0.1, -0.05) is 0 Å². The normalized spacial score (nSPS) is 10.7. The molecule has 1 rings (SSSR count). The van der Waals surface area contributed by atoms with Crippen molar-refractivity contribution >= 4 is 15.9 Å². The van der Waals surface area contributed by atoms with E-state index in [2.05, 4.69) is 20.9 Å². The third-order valence-corrected chi connectivity index (χ3v) is 1.86. The van der Waals surface area contributed by atoms with Crippen LogP contribution in [0.15, 0.2) is 22.9 Å². The Morgan fingerprint density at radius 2 is 2.00 bits per heavy atom. The van der Waals surface area contributed by atoms with E-state index in [1.165, 1.54) is 0 Å². The molecule has 66 valence electrons. The number of aromatic nitrogens is 1. The maximum atomic E-state index is 5.06. The van der Waals surface area contributed by atoms with Crippen LogP contribution in [0.4, 0.5) is 0 Å². The van der Waals surface area contributed by atoms with Gasteiger partial charge in [-0.3, -0.25) is 4.98 Å². The molecule has 1 aromatic rings. The number of hydrogen-bond acceptors (Lipinski definition) is 3. The second kappa shape index (κ2) is 4.54. The van der Waals surface area contributed by atoms with Gasteiger partial charge in [-0.2, -0.15) is 0 Å². The molecule has 0 amide bonds. The maximum absolute atomic E-state index is 5.06. The number of ether oxygens (including phenoxy) is 2. The van der Waals surface area contributed by atoms with Crippen LogP contribution in [0.2, 0.25) is 0 Å². The van der Waals surface area contributed by atoms with Crippen molar-refractivity contribution in [3.63, 3.8) is 0 Å². The Labute approximate surface area is 79.8 Å². The standard InChI is InChI=1S/C8H10BrNO2/c1-11-8(12-2)6-3-7(9)5-10-4-6/h3-5,8H,1-2H3. The molecule has 0 fully saturated rings. The largest absolute Gasteiger partial charge is 0.352 e. The Bertz CT molecular complexity index is 251. The molecular formula is C8H10BrNO2. The van der Waals surface area contributed by atoms with Crippen molar-refractivity contribution in [3.8, 4) is 0 Å². The quantitative estimate of drug-likeness (QED) is 0.748. The van der Waals surface area contributed by atoms with Crippen molar-refractivity contribution in [2.45, 2.75) is 6.29 Å². The van der Waals surface area contributed by atoms with E-state index in [1.807, 2.05) is 6.07 Å². The van der Waals surface area contributed by atoms with E-state index in [9.17, 15) is 0 Å². The Morgan fingerprint density at radius 3 is 2.50 bits per heavy atom. The number of halogens is 1. The van der Waals surface area contributed by atoms with E-state index in [1.54, 1.807) is 26.6 Å². The first-order valence-electron chi connectivity index (χ1n) is 3.44. The lowest BCUT2D eigenvalue weighted by molar-refractivity contribution is -0.106. The third kappa shape index (κ3) is 2.27. The van der Waals surface area contributed by atoms with E-state index in [0.717, 1.165) is 10.0 Å². The van der Waals surface area contributed by atoms with Crippen LogP contribution in [0.1, 0.15) is 11.9 Å². The average molecular weight is 232 g/mol. The van der Waals surface area contributed by atoms with Gasteiger partial charge in [-0.05, 0) is 22.0 Å². The molecule has 0 aliphatic rings. The molecule has 0 atom stereocenters. The lowest BCUT2D eigenvalue weighted by atomic mass is 10.3. The molecule has 0 bridgehead atoms. The Hall–Kier alpha value is -0.450. The highest BCUT2D eigenvalue weighted by molar-refractivity contribution is 9.10. The van der Waals surface area contributed by atoms with Gasteiger partial charge in [0.2, 0.25) is 0 Å². The molecule has 0 saturated carbocycles. The highest BCUT2D eigenvalue weighted by Crippen LogP contribution is 2.19. The minimum Gasteiger partial charge on any atom is -0.352 e. The summed E-state index contributed by atoms with van der Waals surface area (Å²) >= 11 is 3.32. The smallest absolute Gasteiger partial charge is 0.184 e. The number of hydrogen-bond donors (Lipinski definition) is 0. The number of rotatable bonds is 3. The summed E-state index contributed by atoms with van der Waals surface area (Å²) in [5.74, 6) is 0. The summed E-state index contributed by atoms with van der Waals surface area (Å²) in [7, 11) is 3.18. The van der Waals surface area contributed by atoms with E-state index >= 15 is 0 Å². The van der Waals surface area contributed by atoms with Gasteiger partial charge in [0.1, 0.15) is 0 Å². The summed E-state index contributed by atoms with van der Waals surface area (Å²) in [6.07, 6.45) is 3.09. The van der Waals surface area contributed by atoms with Crippen molar-refractivity contribution in [2.75, 3.05) is 14.2 Å². The van der Waals surface area contributed by atoms with Crippen molar-refractivity contribution in [1.82, 2.24) is 4.98 Å². The summed E-state index contributed by atoms with van der Waals surface area (Å²) in [6, 6.07) is 1.91. The van der Waals surface area contributed by atoms with Gasteiger partial charge in [0, 0.05) is 36.6 Å². The molecule has 4 heteroatoms. The van der Waals surface area contributed by atoms with Crippen LogP contribution in [-0.2, 0) is 9.47 Å². The zero-order chi connectivity index (χ0) is 8.97. The molecule has 0 aliphatic carbocycles. The second-order valence-electron chi connectivity index (χ2n) is 2.24. The van der Waals surface area contributed by atoms with E-state index in [4.69, 9.17) is 9.47 Å². The van der Waals surface area contributed by atoms with Crippen molar-refractivity contribution in [2.24, 2.45) is 0 Å². The lowest BCUT2D eigenvalue weighted by Crippen LogP contribution is -2.03. The van der Waals surface area contributed by atoms with E-state index in [-0.39, 0.29) is 6.29 Å². The number of methoxy groups -OCH3 is 2. The predicted molar refractivity (Wildman–Crippen MR) is 48.7 cm³/mol. The zero-order valence-electron chi connectivity index (χ0n) is 6.95. The van der Waals surface area contributed by atoms with Gasteiger partial charge in [0.05, 0.1) is 0 Å². The van der Waals surface area contributed by atoms with Gasteiger partial charge in [-0.15, -0.1) is 0 Å². The van der Waals surface area contributed by atoms with Crippen LogP contribution in [0.5, 0.6) is 0 Å². The molecule has 1 heterocycles. The third-order valence-electron chi connectivity index (χ3n) is 1.43. The minimum atomic E-state index is -0.338. The first kappa shape index (κ1) is 9.64. The van der Waals surface area contributed by atoms with E-state index < -0.39 is 0 Å². The molecule has 0 aromatic carbocycles. The Balaban J connectivity index is 2.85. The summed E-state index contributed by atoms with van der Waals surface area (Å²) in [6.45, 7) is 0. The minimum absolute atomic E-state index is 0.338. The molecule has 3 nitrogen and oxygen atoms in total. The van der Waals surface area contributed by atoms with Crippen LogP contribution < -0.4 is 0 Å². The van der Waals surface area contributed by atoms with Gasteiger partial charge < -0.3 is 9.47 Å². The highest BCUT2D eigenvalue weighted by Gasteiger charge is 2.08. The SMILES string of the molecule is COC(OC)c1cncc(Br)c1. The monoisotopic (exact) mass is 231 g/mol. The Kier molecular flexibility index (Phi) is 3.65. The van der Waals surface area contributed by atoms with Crippen molar-refractivity contribution < 1.29 is 9.47 Å². The molecule has 0 unspecified atom stereocenters. The molecule has 0 N–H and O–H groups in total. The lowest BCUT2D eigenvalue weighted by Gasteiger charge is -2.12. The van der Waals surface area contributed by atoms with Crippen LogP contribution >= 0.6 is 15.9 Å². The molecule has 0 radical (unpaired) electrons. The van der Waals surface area contributed by atoms with Crippen LogP contribution in [0.3, 0.4) is 0 Å². The molecule has 1 aromatic heterocycles. The molecule has 0 aliphatic heterocycles. The zero-order valence-corrected chi connectivity index (χ0v) is 8.54. The van der Waals surface area contributed by atoms with Crippen LogP contribution in [-0.4, -0.2) is 19.2 Å². The fraction of sp³-hybridized carbons (Fsp3) is 0.375. The van der Waals surface area contributed by atoms with Gasteiger partial charge >= 0.3 is 0 Å². The Morgan fingerprint density at radius 1 is 1.33 bits per heavy atom. The fourth-order valence-electron chi connectivity index (χ4n) is 0.926. The first-order chi connectivity index (χ1) is 5.77. The second-order valence-corrected chi connectivity index (χ2v) is 3.16. The first-order valence-corrected chi connectivity index (χ1v) is 4.23. The molecule has 12 heavy (non-hydrogen) atoms. The van der Waals surface area contributed by atoms with Crippen LogP contribution in [0, 0.1) is 0 Å². The van der Waals surface area contributed by atoms with Gasteiger partial charge in [0.25, 0.3) is 0 Å². The van der Waals surface area contributed by atoms with Gasteiger partial charge in [-0.25, -0.2) is 0 Å². The average Bonchev–Trinajstić information content (AvgIpc) is 2.07. The van der Waals surface area contributed by atoms with Gasteiger partial charge in [0.15, 0.2) is 6.29 Å². The number of pyridine rings is 1. The summed E-state index contributed by atoms with van der Waals surface area (Å²) in [5.41, 5.74) is 0.898. The predicted octanol–water partition coefficient (Wildman–Crippen LogP) is 2.14. The maximum Gasteiger partial charge on any atom is 0.184 e. The number of nitrogens with zero attached hydrogens (tertiary/aromatic N) is 1. The summed E-state index contributed by atoms with van der Waals surface area (Å²) in [5, 5.41) is 0. The van der Waals surface area contributed by atoms with E-state index in [0.29, 0.717) is 0 Å². The summed E-state index contributed by atoms with van der Waals surface area (Å²) in [4.78, 5) is 3.99. The summed E-state index contributed by atoms with van der Waals surface area (Å²) < 4.78 is 11.0. The van der Waals surface area contributed by atoms with Crippen molar-refractivity contribution in [3.05, 3.63) is 28.5 Å².